The quantitative estimate of drug-likeness (QED) is 0.851. The lowest BCUT2D eigenvalue weighted by Crippen LogP contribution is -2.28. The summed E-state index contributed by atoms with van der Waals surface area (Å²) in [6.45, 7) is 2.08. The molecule has 21 heavy (non-hydrogen) atoms. The standard InChI is InChI=1S/C16H16N2O3/c1-12-5-7-13(8-6-12)10-18-15(19)11-21-16(20)14-4-2-3-9-17-14/h2-9H,10-11H2,1H3,(H,18,19). The molecule has 0 saturated heterocycles. The Bertz CT molecular complexity index is 609. The van der Waals surface area contributed by atoms with Crippen LogP contribution in [-0.2, 0) is 16.1 Å². The van der Waals surface area contributed by atoms with E-state index in [-0.39, 0.29) is 18.2 Å². The topological polar surface area (TPSA) is 68.3 Å². The fourth-order valence-electron chi connectivity index (χ4n) is 1.65. The van der Waals surface area contributed by atoms with Gasteiger partial charge in [-0.2, -0.15) is 0 Å². The number of carbonyl (C=O) groups excluding carboxylic acids is 2. The molecule has 1 N–H and O–H groups in total. The van der Waals surface area contributed by atoms with Gasteiger partial charge in [0, 0.05) is 12.7 Å². The van der Waals surface area contributed by atoms with Crippen LogP contribution in [0.4, 0.5) is 0 Å². The molecule has 1 aromatic heterocycles. The Morgan fingerprint density at radius 1 is 1.14 bits per heavy atom. The number of nitrogens with zero attached hydrogens (tertiary/aromatic N) is 1. The number of aryl methyl sites for hydroxylation is 1. The molecule has 0 spiro atoms. The summed E-state index contributed by atoms with van der Waals surface area (Å²) in [5.74, 6) is -0.957. The fourth-order valence-corrected chi connectivity index (χ4v) is 1.65. The molecule has 0 radical (unpaired) electrons. The minimum Gasteiger partial charge on any atom is -0.451 e. The smallest absolute Gasteiger partial charge is 0.357 e. The minimum absolute atomic E-state index is 0.184. The molecule has 2 rings (SSSR count). The normalized spacial score (nSPS) is 9.95. The first-order chi connectivity index (χ1) is 10.1. The number of esters is 1. The molecule has 0 bridgehead atoms. The first-order valence-electron chi connectivity index (χ1n) is 6.55. The first kappa shape index (κ1) is 14.7. The second-order valence-electron chi connectivity index (χ2n) is 4.55. The van der Waals surface area contributed by atoms with Crippen LogP contribution < -0.4 is 5.32 Å². The van der Waals surface area contributed by atoms with Crippen molar-refractivity contribution in [1.29, 1.82) is 0 Å². The highest BCUT2D eigenvalue weighted by Crippen LogP contribution is 2.02. The minimum atomic E-state index is -0.610. The number of carbonyl (C=O) groups is 2. The zero-order chi connectivity index (χ0) is 15.1. The number of nitrogens with one attached hydrogen (secondary N) is 1. The summed E-state index contributed by atoms with van der Waals surface area (Å²) in [5.41, 5.74) is 2.34. The zero-order valence-electron chi connectivity index (χ0n) is 11.7. The second-order valence-corrected chi connectivity index (χ2v) is 4.55. The molecule has 5 nitrogen and oxygen atoms in total. The van der Waals surface area contributed by atoms with Gasteiger partial charge in [-0.1, -0.05) is 35.9 Å². The maximum absolute atomic E-state index is 11.6. The van der Waals surface area contributed by atoms with E-state index in [9.17, 15) is 9.59 Å². The van der Waals surface area contributed by atoms with E-state index in [0.717, 1.165) is 11.1 Å². The number of pyridine rings is 1. The molecule has 108 valence electrons. The summed E-state index contributed by atoms with van der Waals surface area (Å²) >= 11 is 0. The van der Waals surface area contributed by atoms with Crippen molar-refractivity contribution in [3.8, 4) is 0 Å². The highest BCUT2D eigenvalue weighted by Gasteiger charge is 2.10. The predicted octanol–water partition coefficient (Wildman–Crippen LogP) is 1.86. The Morgan fingerprint density at radius 2 is 1.90 bits per heavy atom. The van der Waals surface area contributed by atoms with Gasteiger partial charge in [0.1, 0.15) is 5.69 Å². The van der Waals surface area contributed by atoms with Gasteiger partial charge in [0.15, 0.2) is 6.61 Å². The van der Waals surface area contributed by atoms with Crippen LogP contribution in [0.2, 0.25) is 0 Å². The van der Waals surface area contributed by atoms with E-state index in [1.165, 1.54) is 12.3 Å². The number of benzene rings is 1. The van der Waals surface area contributed by atoms with Gasteiger partial charge >= 0.3 is 5.97 Å². The molecule has 5 heteroatoms. The van der Waals surface area contributed by atoms with Crippen LogP contribution in [0.25, 0.3) is 0 Å². The Balaban J connectivity index is 1.75. The number of ether oxygens (including phenoxy) is 1. The molecule has 0 aliphatic heterocycles. The SMILES string of the molecule is Cc1ccc(CNC(=O)COC(=O)c2ccccn2)cc1. The van der Waals surface area contributed by atoms with Crippen LogP contribution >= 0.6 is 0 Å². The number of hydrogen-bond acceptors (Lipinski definition) is 4. The molecule has 0 fully saturated rings. The summed E-state index contributed by atoms with van der Waals surface area (Å²) in [7, 11) is 0. The van der Waals surface area contributed by atoms with Gasteiger partial charge in [0.2, 0.25) is 0 Å². The molecule has 0 saturated carbocycles. The van der Waals surface area contributed by atoms with Gasteiger partial charge in [0.25, 0.3) is 5.91 Å². The van der Waals surface area contributed by atoms with Crippen LogP contribution in [-0.4, -0.2) is 23.5 Å². The molecule has 1 amide bonds. The maximum Gasteiger partial charge on any atom is 0.357 e. The van der Waals surface area contributed by atoms with E-state index in [1.54, 1.807) is 12.1 Å². The monoisotopic (exact) mass is 284 g/mol. The number of hydrogen-bond donors (Lipinski definition) is 1. The van der Waals surface area contributed by atoms with E-state index in [0.29, 0.717) is 6.54 Å². The largest absolute Gasteiger partial charge is 0.451 e. The van der Waals surface area contributed by atoms with Crippen molar-refractivity contribution < 1.29 is 14.3 Å². The fraction of sp³-hybridized carbons (Fsp3) is 0.188. The molecule has 0 aliphatic rings. The van der Waals surface area contributed by atoms with E-state index < -0.39 is 5.97 Å². The van der Waals surface area contributed by atoms with Gasteiger partial charge < -0.3 is 10.1 Å². The van der Waals surface area contributed by atoms with Crippen molar-refractivity contribution in [3.05, 3.63) is 65.5 Å². The first-order valence-corrected chi connectivity index (χ1v) is 6.55. The van der Waals surface area contributed by atoms with E-state index >= 15 is 0 Å². The lowest BCUT2D eigenvalue weighted by atomic mass is 10.1. The number of amides is 1. The van der Waals surface area contributed by atoms with Gasteiger partial charge in [0.05, 0.1) is 0 Å². The third-order valence-corrected chi connectivity index (χ3v) is 2.82. The van der Waals surface area contributed by atoms with Crippen LogP contribution in [0.3, 0.4) is 0 Å². The third-order valence-electron chi connectivity index (χ3n) is 2.82. The maximum atomic E-state index is 11.6. The molecular formula is C16H16N2O3. The molecule has 0 atom stereocenters. The molecule has 2 aromatic rings. The average Bonchev–Trinajstić information content (AvgIpc) is 2.53. The summed E-state index contributed by atoms with van der Waals surface area (Å²) in [5, 5.41) is 2.69. The van der Waals surface area contributed by atoms with Crippen molar-refractivity contribution in [2.75, 3.05) is 6.61 Å². The Labute approximate surface area is 123 Å². The summed E-state index contributed by atoms with van der Waals surface area (Å²) in [6.07, 6.45) is 1.49. The molecule has 0 unspecified atom stereocenters. The van der Waals surface area contributed by atoms with Crippen LogP contribution in [0.15, 0.2) is 48.7 Å². The Kier molecular flexibility index (Phi) is 5.04. The van der Waals surface area contributed by atoms with Crippen molar-refractivity contribution in [2.24, 2.45) is 0 Å². The molecule has 1 heterocycles. The van der Waals surface area contributed by atoms with Crippen LogP contribution in [0.1, 0.15) is 21.6 Å². The van der Waals surface area contributed by atoms with Gasteiger partial charge in [-0.25, -0.2) is 9.78 Å². The summed E-state index contributed by atoms with van der Waals surface area (Å²) in [4.78, 5) is 27.1. The van der Waals surface area contributed by atoms with Crippen molar-refractivity contribution >= 4 is 11.9 Å². The lowest BCUT2D eigenvalue weighted by Gasteiger charge is -2.06. The summed E-state index contributed by atoms with van der Waals surface area (Å²) in [6, 6.07) is 12.7. The zero-order valence-corrected chi connectivity index (χ0v) is 11.7. The predicted molar refractivity (Wildman–Crippen MR) is 77.5 cm³/mol. The van der Waals surface area contributed by atoms with Crippen LogP contribution in [0.5, 0.6) is 0 Å². The van der Waals surface area contributed by atoms with E-state index in [2.05, 4.69) is 10.3 Å². The lowest BCUT2D eigenvalue weighted by molar-refractivity contribution is -0.124. The third kappa shape index (κ3) is 4.72. The van der Waals surface area contributed by atoms with Crippen molar-refractivity contribution in [3.63, 3.8) is 0 Å². The highest BCUT2D eigenvalue weighted by atomic mass is 16.5. The molecule has 0 aliphatic carbocycles. The van der Waals surface area contributed by atoms with E-state index in [4.69, 9.17) is 4.74 Å². The van der Waals surface area contributed by atoms with Crippen molar-refractivity contribution in [1.82, 2.24) is 10.3 Å². The average molecular weight is 284 g/mol. The van der Waals surface area contributed by atoms with Gasteiger partial charge in [-0.3, -0.25) is 4.79 Å². The van der Waals surface area contributed by atoms with Crippen molar-refractivity contribution in [2.45, 2.75) is 13.5 Å². The summed E-state index contributed by atoms with van der Waals surface area (Å²) < 4.78 is 4.88. The Hall–Kier alpha value is -2.69. The van der Waals surface area contributed by atoms with Gasteiger partial charge in [-0.15, -0.1) is 0 Å². The number of rotatable bonds is 5. The van der Waals surface area contributed by atoms with Crippen LogP contribution in [0, 0.1) is 6.92 Å². The second kappa shape index (κ2) is 7.19. The number of aromatic nitrogens is 1. The molecular weight excluding hydrogens is 268 g/mol. The Morgan fingerprint density at radius 3 is 2.57 bits per heavy atom. The highest BCUT2D eigenvalue weighted by molar-refractivity contribution is 5.89. The van der Waals surface area contributed by atoms with E-state index in [1.807, 2.05) is 31.2 Å². The van der Waals surface area contributed by atoms with Gasteiger partial charge in [-0.05, 0) is 24.6 Å². The molecule has 1 aromatic carbocycles.